The smallest absolute Gasteiger partial charge is 0.154 e. The summed E-state index contributed by atoms with van der Waals surface area (Å²) in [6, 6.07) is 8.14. The van der Waals surface area contributed by atoms with Gasteiger partial charge in [0, 0.05) is 12.1 Å². The Bertz CT molecular complexity index is 549. The average Bonchev–Trinajstić information content (AvgIpc) is 2.61. The summed E-state index contributed by atoms with van der Waals surface area (Å²) >= 11 is 1.72. The van der Waals surface area contributed by atoms with Gasteiger partial charge in [-0.2, -0.15) is 0 Å². The number of hydrogen-bond acceptors (Lipinski definition) is 5. The molecule has 0 saturated heterocycles. The fourth-order valence-corrected chi connectivity index (χ4v) is 4.18. The van der Waals surface area contributed by atoms with Crippen LogP contribution in [0.25, 0.3) is 0 Å². The molecule has 0 bridgehead atoms. The Morgan fingerprint density at radius 3 is 1.92 bits per heavy atom. The first-order valence-corrected chi connectivity index (χ1v) is 10.5. The minimum Gasteiger partial charge on any atom is -0.477 e. The van der Waals surface area contributed by atoms with Crippen molar-refractivity contribution in [1.29, 1.82) is 0 Å². The SMILES string of the molecule is CCC(C)(Oc1ccc(C(C)(N)CC)cc1)SC(C)(CC)OC(C)CN. The van der Waals surface area contributed by atoms with Crippen LogP contribution in [0, 0.1) is 0 Å². The topological polar surface area (TPSA) is 70.5 Å². The Balaban J connectivity index is 2.92. The monoisotopic (exact) mass is 382 g/mol. The van der Waals surface area contributed by atoms with E-state index in [2.05, 4.69) is 53.7 Å². The highest BCUT2D eigenvalue weighted by molar-refractivity contribution is 8.01. The molecule has 26 heavy (non-hydrogen) atoms. The molecule has 4 atom stereocenters. The van der Waals surface area contributed by atoms with Gasteiger partial charge in [0.1, 0.15) is 10.7 Å². The highest BCUT2D eigenvalue weighted by atomic mass is 32.2. The Morgan fingerprint density at radius 1 is 0.962 bits per heavy atom. The Kier molecular flexibility index (Phi) is 8.46. The highest BCUT2D eigenvalue weighted by Crippen LogP contribution is 2.43. The van der Waals surface area contributed by atoms with Crippen molar-refractivity contribution in [2.24, 2.45) is 11.5 Å². The zero-order valence-corrected chi connectivity index (χ0v) is 18.4. The van der Waals surface area contributed by atoms with Crippen molar-refractivity contribution in [3.63, 3.8) is 0 Å². The summed E-state index contributed by atoms with van der Waals surface area (Å²) in [5.74, 6) is 0.850. The second kappa shape index (κ2) is 9.45. The second-order valence-electron chi connectivity index (χ2n) is 7.64. The molecule has 1 aromatic rings. The summed E-state index contributed by atoms with van der Waals surface area (Å²) < 4.78 is 12.6. The van der Waals surface area contributed by atoms with Gasteiger partial charge in [-0.25, -0.2) is 0 Å². The van der Waals surface area contributed by atoms with Crippen molar-refractivity contribution in [1.82, 2.24) is 0 Å². The zero-order valence-electron chi connectivity index (χ0n) is 17.6. The highest BCUT2D eigenvalue weighted by Gasteiger charge is 2.37. The van der Waals surface area contributed by atoms with Crippen LogP contribution < -0.4 is 16.2 Å². The zero-order chi connectivity index (χ0) is 20.0. The van der Waals surface area contributed by atoms with Crippen LogP contribution in [-0.2, 0) is 10.3 Å². The molecule has 0 aliphatic carbocycles. The van der Waals surface area contributed by atoms with Crippen LogP contribution in [0.5, 0.6) is 5.75 Å². The van der Waals surface area contributed by atoms with Gasteiger partial charge in [-0.05, 0) is 64.7 Å². The number of thioether (sulfide) groups is 1. The van der Waals surface area contributed by atoms with Gasteiger partial charge >= 0.3 is 0 Å². The van der Waals surface area contributed by atoms with Gasteiger partial charge in [0.05, 0.1) is 6.10 Å². The second-order valence-corrected chi connectivity index (χ2v) is 9.57. The molecule has 0 fully saturated rings. The average molecular weight is 383 g/mol. The van der Waals surface area contributed by atoms with Crippen molar-refractivity contribution in [2.45, 2.75) is 89.2 Å². The van der Waals surface area contributed by atoms with E-state index in [9.17, 15) is 0 Å². The molecule has 0 saturated carbocycles. The first-order chi connectivity index (χ1) is 12.0. The maximum atomic E-state index is 6.38. The van der Waals surface area contributed by atoms with Crippen LogP contribution in [0.2, 0.25) is 0 Å². The molecule has 0 spiro atoms. The van der Waals surface area contributed by atoms with Crippen molar-refractivity contribution in [3.05, 3.63) is 29.8 Å². The quantitative estimate of drug-likeness (QED) is 0.527. The van der Waals surface area contributed by atoms with Gasteiger partial charge in [-0.1, -0.05) is 44.7 Å². The number of rotatable bonds is 11. The van der Waals surface area contributed by atoms with Crippen molar-refractivity contribution in [3.8, 4) is 5.75 Å². The molecule has 4 unspecified atom stereocenters. The van der Waals surface area contributed by atoms with E-state index < -0.39 is 4.93 Å². The maximum Gasteiger partial charge on any atom is 0.154 e. The van der Waals surface area contributed by atoms with E-state index in [0.29, 0.717) is 6.54 Å². The normalized spacial score (nSPS) is 19.9. The van der Waals surface area contributed by atoms with Gasteiger partial charge in [-0.3, -0.25) is 0 Å². The minimum absolute atomic E-state index is 0.0177. The van der Waals surface area contributed by atoms with Gasteiger partial charge in [0.25, 0.3) is 0 Å². The molecule has 0 aliphatic rings. The number of ether oxygens (including phenoxy) is 2. The molecule has 0 heterocycles. The van der Waals surface area contributed by atoms with Crippen molar-refractivity contribution in [2.75, 3.05) is 6.54 Å². The summed E-state index contributed by atoms with van der Waals surface area (Å²) in [6.07, 6.45) is 2.64. The molecule has 4 N–H and O–H groups in total. The van der Waals surface area contributed by atoms with E-state index in [1.54, 1.807) is 11.8 Å². The first-order valence-electron chi connectivity index (χ1n) is 9.69. The largest absolute Gasteiger partial charge is 0.477 e. The summed E-state index contributed by atoms with van der Waals surface area (Å²) in [5.41, 5.74) is 12.9. The lowest BCUT2D eigenvalue weighted by Crippen LogP contribution is -2.39. The third kappa shape index (κ3) is 6.45. The molecular formula is C21H38N2O2S. The lowest BCUT2D eigenvalue weighted by molar-refractivity contribution is -0.0152. The summed E-state index contributed by atoms with van der Waals surface area (Å²) in [6.45, 7) is 15.2. The minimum atomic E-state index is -0.391. The van der Waals surface area contributed by atoms with E-state index >= 15 is 0 Å². The van der Waals surface area contributed by atoms with E-state index in [4.69, 9.17) is 20.9 Å². The first kappa shape index (κ1) is 23.3. The van der Waals surface area contributed by atoms with Crippen LogP contribution >= 0.6 is 11.8 Å². The number of nitrogens with two attached hydrogens (primary N) is 2. The van der Waals surface area contributed by atoms with Crippen LogP contribution in [0.1, 0.15) is 73.3 Å². The molecule has 1 rings (SSSR count). The third-order valence-corrected chi connectivity index (χ3v) is 6.70. The number of benzene rings is 1. The molecule has 0 amide bonds. The molecule has 1 aromatic carbocycles. The van der Waals surface area contributed by atoms with E-state index in [-0.39, 0.29) is 16.6 Å². The van der Waals surface area contributed by atoms with Crippen LogP contribution in [0.15, 0.2) is 24.3 Å². The molecular weight excluding hydrogens is 344 g/mol. The lowest BCUT2D eigenvalue weighted by atomic mass is 9.91. The van der Waals surface area contributed by atoms with Gasteiger partial charge in [0.15, 0.2) is 4.93 Å². The van der Waals surface area contributed by atoms with E-state index in [1.165, 1.54) is 0 Å². The summed E-state index contributed by atoms with van der Waals surface area (Å²) in [7, 11) is 0. The fourth-order valence-electron chi connectivity index (χ4n) is 2.63. The summed E-state index contributed by atoms with van der Waals surface area (Å²) in [4.78, 5) is -0.737. The van der Waals surface area contributed by atoms with Crippen LogP contribution in [-0.4, -0.2) is 22.5 Å². The Labute approximate surface area is 164 Å². The molecule has 5 heteroatoms. The molecule has 0 radical (unpaired) electrons. The molecule has 0 aromatic heterocycles. The fraction of sp³-hybridized carbons (Fsp3) is 0.714. The van der Waals surface area contributed by atoms with Crippen LogP contribution in [0.3, 0.4) is 0 Å². The predicted octanol–water partition coefficient (Wildman–Crippen LogP) is 5.00. The third-order valence-electron chi connectivity index (χ3n) is 5.08. The summed E-state index contributed by atoms with van der Waals surface area (Å²) in [5, 5.41) is 0. The maximum absolute atomic E-state index is 6.38. The van der Waals surface area contributed by atoms with E-state index in [1.807, 2.05) is 19.1 Å². The van der Waals surface area contributed by atoms with Gasteiger partial charge < -0.3 is 20.9 Å². The van der Waals surface area contributed by atoms with Gasteiger partial charge in [0.2, 0.25) is 0 Å². The Hall–Kier alpha value is -0.750. The molecule has 150 valence electrons. The van der Waals surface area contributed by atoms with Crippen molar-refractivity contribution >= 4 is 11.8 Å². The number of hydrogen-bond donors (Lipinski definition) is 2. The molecule has 4 nitrogen and oxygen atoms in total. The lowest BCUT2D eigenvalue weighted by Gasteiger charge is -2.39. The van der Waals surface area contributed by atoms with E-state index in [0.717, 1.165) is 30.6 Å². The molecule has 0 aliphatic heterocycles. The van der Waals surface area contributed by atoms with Gasteiger partial charge in [-0.15, -0.1) is 0 Å². The Morgan fingerprint density at radius 2 is 1.50 bits per heavy atom. The van der Waals surface area contributed by atoms with Crippen molar-refractivity contribution < 1.29 is 9.47 Å². The van der Waals surface area contributed by atoms with Crippen LogP contribution in [0.4, 0.5) is 0 Å². The predicted molar refractivity (Wildman–Crippen MR) is 113 cm³/mol. The standard InChI is InChI=1S/C21H38N2O2S/c1-8-19(5,23)17-11-13-18(14-12-17)25-21(7,10-3)26-20(6,9-2)24-16(4)15-22/h11-14,16H,8-10,15,22-23H2,1-7H3.